The third-order valence-electron chi connectivity index (χ3n) is 5.65. The molecule has 0 aliphatic carbocycles. The molecule has 3 aromatic carbocycles. The second kappa shape index (κ2) is 10.2. The first-order valence-electron chi connectivity index (χ1n) is 11.3. The zero-order valence-corrected chi connectivity index (χ0v) is 19.9. The molecule has 0 bridgehead atoms. The van der Waals surface area contributed by atoms with Gasteiger partial charge >= 0.3 is 5.97 Å². The Morgan fingerprint density at radius 1 is 0.857 bits per heavy atom. The predicted molar refractivity (Wildman–Crippen MR) is 129 cm³/mol. The molecule has 6 nitrogen and oxygen atoms in total. The van der Waals surface area contributed by atoms with E-state index < -0.39 is 27.6 Å². The first kappa shape index (κ1) is 24.3. The molecule has 0 saturated carbocycles. The number of rotatable bonds is 8. The highest BCUT2D eigenvalue weighted by Crippen LogP contribution is 2.39. The van der Waals surface area contributed by atoms with Gasteiger partial charge < -0.3 is 4.74 Å². The number of ketones is 1. The summed E-state index contributed by atoms with van der Waals surface area (Å²) in [6, 6.07) is 19.1. The van der Waals surface area contributed by atoms with E-state index in [-0.39, 0.29) is 39.6 Å². The molecule has 180 valence electrons. The SMILES string of the molecule is CCCCCN1C(C(=O)c2ccccc2)=C(OC(=O)c2ccc(F)cc2)c2ccccc2S1(=O)=O. The fourth-order valence-corrected chi connectivity index (χ4v) is 5.58. The molecule has 0 radical (unpaired) electrons. The number of sulfonamides is 1. The van der Waals surface area contributed by atoms with Gasteiger partial charge in [0.2, 0.25) is 5.78 Å². The van der Waals surface area contributed by atoms with Crippen LogP contribution in [-0.4, -0.2) is 31.0 Å². The van der Waals surface area contributed by atoms with Gasteiger partial charge in [-0.15, -0.1) is 0 Å². The molecule has 1 aliphatic heterocycles. The molecular formula is C27H24FNO5S. The van der Waals surface area contributed by atoms with E-state index in [1.54, 1.807) is 42.5 Å². The van der Waals surface area contributed by atoms with E-state index in [4.69, 9.17) is 4.74 Å². The lowest BCUT2D eigenvalue weighted by molar-refractivity contribution is 0.0685. The summed E-state index contributed by atoms with van der Waals surface area (Å²) in [7, 11) is -4.09. The van der Waals surface area contributed by atoms with Gasteiger partial charge in [-0.25, -0.2) is 17.6 Å². The molecular weight excluding hydrogens is 469 g/mol. The van der Waals surface area contributed by atoms with Crippen LogP contribution in [0.3, 0.4) is 0 Å². The Hall–Kier alpha value is -3.78. The summed E-state index contributed by atoms with van der Waals surface area (Å²) in [6.07, 6.45) is 2.12. The highest BCUT2D eigenvalue weighted by Gasteiger charge is 2.41. The first-order chi connectivity index (χ1) is 16.8. The van der Waals surface area contributed by atoms with Crippen molar-refractivity contribution in [2.45, 2.75) is 31.1 Å². The van der Waals surface area contributed by atoms with Crippen LogP contribution in [0.1, 0.15) is 52.5 Å². The summed E-state index contributed by atoms with van der Waals surface area (Å²) in [5.74, 6) is -2.07. The predicted octanol–water partition coefficient (Wildman–Crippen LogP) is 5.43. The topological polar surface area (TPSA) is 80.8 Å². The van der Waals surface area contributed by atoms with Crippen LogP contribution in [0.4, 0.5) is 4.39 Å². The Morgan fingerprint density at radius 2 is 1.51 bits per heavy atom. The van der Waals surface area contributed by atoms with E-state index in [1.807, 2.05) is 6.92 Å². The molecule has 1 heterocycles. The van der Waals surface area contributed by atoms with Crippen LogP contribution in [0.5, 0.6) is 0 Å². The Morgan fingerprint density at radius 3 is 2.20 bits per heavy atom. The fraction of sp³-hybridized carbons (Fsp3) is 0.185. The van der Waals surface area contributed by atoms with Crippen LogP contribution in [0.25, 0.3) is 5.76 Å². The Bertz CT molecular complexity index is 1380. The number of benzene rings is 3. The highest BCUT2D eigenvalue weighted by atomic mass is 32.2. The monoisotopic (exact) mass is 493 g/mol. The van der Waals surface area contributed by atoms with Crippen LogP contribution in [0.2, 0.25) is 0 Å². The zero-order chi connectivity index (χ0) is 25.0. The summed E-state index contributed by atoms with van der Waals surface area (Å²) in [4.78, 5) is 26.7. The number of carbonyl (C=O) groups excluding carboxylic acids is 2. The molecule has 8 heteroatoms. The molecule has 4 rings (SSSR count). The molecule has 0 spiro atoms. The van der Waals surface area contributed by atoms with Crippen molar-refractivity contribution in [3.63, 3.8) is 0 Å². The number of hydrogen-bond donors (Lipinski definition) is 0. The van der Waals surface area contributed by atoms with Crippen molar-refractivity contribution in [1.29, 1.82) is 0 Å². The lowest BCUT2D eigenvalue weighted by Gasteiger charge is -2.33. The van der Waals surface area contributed by atoms with Crippen molar-refractivity contribution < 1.29 is 27.1 Å². The van der Waals surface area contributed by atoms with Crippen LogP contribution >= 0.6 is 0 Å². The molecule has 0 amide bonds. The molecule has 35 heavy (non-hydrogen) atoms. The average molecular weight is 494 g/mol. The number of carbonyl (C=O) groups is 2. The number of unbranched alkanes of at least 4 members (excludes halogenated alkanes) is 2. The number of fused-ring (bicyclic) bond motifs is 1. The molecule has 0 fully saturated rings. The van der Waals surface area contributed by atoms with Crippen molar-refractivity contribution in [2.24, 2.45) is 0 Å². The molecule has 0 N–H and O–H groups in total. The smallest absolute Gasteiger partial charge is 0.343 e. The molecule has 0 saturated heterocycles. The highest BCUT2D eigenvalue weighted by molar-refractivity contribution is 7.89. The summed E-state index contributed by atoms with van der Waals surface area (Å²) in [5, 5.41) is 0. The minimum Gasteiger partial charge on any atom is -0.420 e. The maximum Gasteiger partial charge on any atom is 0.343 e. The van der Waals surface area contributed by atoms with Gasteiger partial charge in [0.05, 0.1) is 10.5 Å². The van der Waals surface area contributed by atoms with Crippen LogP contribution in [0.15, 0.2) is 89.5 Å². The van der Waals surface area contributed by atoms with E-state index in [0.717, 1.165) is 29.3 Å². The van der Waals surface area contributed by atoms with Gasteiger partial charge in [-0.1, -0.05) is 62.2 Å². The van der Waals surface area contributed by atoms with E-state index in [0.29, 0.717) is 6.42 Å². The van der Waals surface area contributed by atoms with Crippen LogP contribution < -0.4 is 0 Å². The van der Waals surface area contributed by atoms with Crippen molar-refractivity contribution in [1.82, 2.24) is 4.31 Å². The van der Waals surface area contributed by atoms with Gasteiger partial charge in [0, 0.05) is 17.7 Å². The number of nitrogens with zero attached hydrogens (tertiary/aromatic N) is 1. The Kier molecular flexibility index (Phi) is 7.12. The summed E-state index contributed by atoms with van der Waals surface area (Å²) in [6.45, 7) is 2.04. The lowest BCUT2D eigenvalue weighted by Crippen LogP contribution is -2.39. The maximum atomic E-state index is 13.7. The number of halogens is 1. The number of ether oxygens (including phenoxy) is 1. The van der Waals surface area contributed by atoms with Crippen molar-refractivity contribution in [2.75, 3.05) is 6.54 Å². The molecule has 3 aromatic rings. The molecule has 1 aliphatic rings. The molecule has 0 aromatic heterocycles. The first-order valence-corrected chi connectivity index (χ1v) is 12.7. The van der Waals surface area contributed by atoms with Crippen molar-refractivity contribution in [3.8, 4) is 0 Å². The van der Waals surface area contributed by atoms with Gasteiger partial charge in [-0.05, 0) is 42.8 Å². The minimum absolute atomic E-state index is 0.0516. The molecule has 0 atom stereocenters. The number of hydrogen-bond acceptors (Lipinski definition) is 5. The molecule has 0 unspecified atom stereocenters. The van der Waals surface area contributed by atoms with Gasteiger partial charge in [0.1, 0.15) is 11.5 Å². The second-order valence-corrected chi connectivity index (χ2v) is 9.88. The number of allylic oxidation sites excluding steroid dienone is 1. The van der Waals surface area contributed by atoms with E-state index in [1.165, 1.54) is 24.3 Å². The fourth-order valence-electron chi connectivity index (χ4n) is 3.88. The number of esters is 1. The third-order valence-corrected chi connectivity index (χ3v) is 7.51. The number of Topliss-reactive ketones (excluding diaryl/α,β-unsaturated/α-hetero) is 1. The largest absolute Gasteiger partial charge is 0.420 e. The van der Waals surface area contributed by atoms with Gasteiger partial charge in [0.15, 0.2) is 5.76 Å². The average Bonchev–Trinajstić information content (AvgIpc) is 2.87. The van der Waals surface area contributed by atoms with Crippen LogP contribution in [-0.2, 0) is 14.8 Å². The second-order valence-electron chi connectivity index (χ2n) is 8.05. The van der Waals surface area contributed by atoms with Crippen molar-refractivity contribution in [3.05, 3.63) is 107 Å². The van der Waals surface area contributed by atoms with E-state index in [2.05, 4.69) is 0 Å². The van der Waals surface area contributed by atoms with Crippen molar-refractivity contribution >= 4 is 27.5 Å². The quantitative estimate of drug-likeness (QED) is 0.238. The van der Waals surface area contributed by atoms with E-state index in [9.17, 15) is 22.4 Å². The zero-order valence-electron chi connectivity index (χ0n) is 19.1. The summed E-state index contributed by atoms with van der Waals surface area (Å²) < 4.78 is 47.4. The van der Waals surface area contributed by atoms with Crippen LogP contribution in [0, 0.1) is 5.82 Å². The maximum absolute atomic E-state index is 13.7. The standard InChI is InChI=1S/C27H24FNO5S/c1-2-3-9-18-29-24(25(30)19-10-5-4-6-11-19)26(22-12-7-8-13-23(22)35(29,32)33)34-27(31)20-14-16-21(28)17-15-20/h4-8,10-17H,2-3,9,18H2,1H3. The van der Waals surface area contributed by atoms with Gasteiger partial charge in [-0.2, -0.15) is 0 Å². The van der Waals surface area contributed by atoms with E-state index >= 15 is 0 Å². The summed E-state index contributed by atoms with van der Waals surface area (Å²) in [5.41, 5.74) is 0.220. The van der Waals surface area contributed by atoms with Gasteiger partial charge in [-0.3, -0.25) is 9.10 Å². The van der Waals surface area contributed by atoms with Gasteiger partial charge in [0.25, 0.3) is 10.0 Å². The summed E-state index contributed by atoms with van der Waals surface area (Å²) >= 11 is 0. The third kappa shape index (κ3) is 4.88. The lowest BCUT2D eigenvalue weighted by atomic mass is 10.0. The normalized spacial score (nSPS) is 14.4. The Labute approximate surface area is 203 Å². The Balaban J connectivity index is 1.92. The minimum atomic E-state index is -4.09.